The van der Waals surface area contributed by atoms with Crippen molar-refractivity contribution >= 4 is 28.9 Å². The van der Waals surface area contributed by atoms with E-state index in [1.54, 1.807) is 13.0 Å². The molecule has 1 fully saturated rings. The predicted molar refractivity (Wildman–Crippen MR) is 128 cm³/mol. The summed E-state index contributed by atoms with van der Waals surface area (Å²) >= 11 is 0. The maximum absolute atomic E-state index is 12.2. The van der Waals surface area contributed by atoms with Crippen LogP contribution in [0.25, 0.3) is 11.0 Å². The zero-order chi connectivity index (χ0) is 24.9. The number of ether oxygens (including phenoxy) is 2. The zero-order valence-corrected chi connectivity index (χ0v) is 20.6. The number of imidazole rings is 1. The lowest BCUT2D eigenvalue weighted by atomic mass is 10.0. The number of fused-ring (bicyclic) bond motifs is 1. The number of amides is 3. The summed E-state index contributed by atoms with van der Waals surface area (Å²) < 4.78 is 13.2. The third kappa shape index (κ3) is 6.61. The molecule has 186 valence electrons. The van der Waals surface area contributed by atoms with Crippen LogP contribution in [0.15, 0.2) is 18.2 Å². The van der Waals surface area contributed by atoms with Gasteiger partial charge in [-0.15, -0.1) is 0 Å². The van der Waals surface area contributed by atoms with Gasteiger partial charge in [0, 0.05) is 38.7 Å². The molecule has 1 aromatic heterocycles. The highest BCUT2D eigenvalue weighted by Crippen LogP contribution is 2.31. The van der Waals surface area contributed by atoms with Gasteiger partial charge in [0.05, 0.1) is 17.6 Å². The highest BCUT2D eigenvalue weighted by atomic mass is 16.6. The topological polar surface area (TPSA) is 115 Å². The average molecular weight is 474 g/mol. The normalized spacial score (nSPS) is 14.7. The highest BCUT2D eigenvalue weighted by molar-refractivity contribution is 5.80. The molecule has 2 N–H and O–H groups in total. The Labute approximate surface area is 200 Å². The largest absolute Gasteiger partial charge is 0.484 e. The molecule has 2 aromatic rings. The molecule has 0 atom stereocenters. The molecule has 34 heavy (non-hydrogen) atoms. The van der Waals surface area contributed by atoms with E-state index in [1.807, 2.05) is 44.7 Å². The monoisotopic (exact) mass is 473 g/mol. The maximum Gasteiger partial charge on any atom is 0.408 e. The minimum atomic E-state index is -0.597. The van der Waals surface area contributed by atoms with Gasteiger partial charge in [-0.3, -0.25) is 9.59 Å². The van der Waals surface area contributed by atoms with Gasteiger partial charge in [-0.25, -0.2) is 9.78 Å². The van der Waals surface area contributed by atoms with Crippen molar-refractivity contribution in [2.45, 2.75) is 65.6 Å². The Balaban J connectivity index is 1.86. The quantitative estimate of drug-likeness (QED) is 0.639. The van der Waals surface area contributed by atoms with Crippen LogP contribution in [0.5, 0.6) is 5.75 Å². The number of carbonyl (C=O) groups excluding carboxylic acids is 3. The summed E-state index contributed by atoms with van der Waals surface area (Å²) in [5.41, 5.74) is 1.02. The zero-order valence-electron chi connectivity index (χ0n) is 20.6. The molecule has 10 heteroatoms. The second-order valence-electron chi connectivity index (χ2n) is 9.38. The van der Waals surface area contributed by atoms with E-state index in [4.69, 9.17) is 14.5 Å². The van der Waals surface area contributed by atoms with Crippen LogP contribution in [0.2, 0.25) is 0 Å². The molecule has 2 heterocycles. The predicted octanol–water partition coefficient (Wildman–Crippen LogP) is 2.76. The Kier molecular flexibility index (Phi) is 8.01. The van der Waals surface area contributed by atoms with E-state index in [0.717, 1.165) is 23.9 Å². The van der Waals surface area contributed by atoms with Crippen molar-refractivity contribution in [2.24, 2.45) is 0 Å². The van der Waals surface area contributed by atoms with Crippen LogP contribution in [-0.2, 0) is 20.9 Å². The van der Waals surface area contributed by atoms with Gasteiger partial charge < -0.3 is 29.6 Å². The van der Waals surface area contributed by atoms with Crippen LogP contribution in [0, 0.1) is 0 Å². The van der Waals surface area contributed by atoms with E-state index in [9.17, 15) is 14.4 Å². The molecule has 0 radical (unpaired) electrons. The molecule has 0 saturated carbocycles. The van der Waals surface area contributed by atoms with Crippen molar-refractivity contribution in [1.29, 1.82) is 0 Å². The van der Waals surface area contributed by atoms with Crippen molar-refractivity contribution in [3.63, 3.8) is 0 Å². The number of benzene rings is 1. The van der Waals surface area contributed by atoms with Gasteiger partial charge in [0.25, 0.3) is 5.91 Å². The first-order valence-electron chi connectivity index (χ1n) is 11.7. The molecule has 1 aromatic carbocycles. The SMILES string of the molecule is CCNC(=O)COc1ccc2nc(CNC(=O)OC(C)(C)C)n(C3CCN(C(C)=O)CC3)c2c1. The second kappa shape index (κ2) is 10.8. The number of alkyl carbamates (subject to hydrolysis) is 1. The number of likely N-dealkylation sites (tertiary alicyclic amines) is 1. The molecular weight excluding hydrogens is 438 g/mol. The van der Waals surface area contributed by atoms with E-state index in [1.165, 1.54) is 0 Å². The first-order chi connectivity index (χ1) is 16.1. The fourth-order valence-electron chi connectivity index (χ4n) is 4.05. The van der Waals surface area contributed by atoms with Gasteiger partial charge >= 0.3 is 6.09 Å². The number of carbonyl (C=O) groups is 3. The first-order valence-corrected chi connectivity index (χ1v) is 11.7. The van der Waals surface area contributed by atoms with Crippen LogP contribution >= 0.6 is 0 Å². The average Bonchev–Trinajstić information content (AvgIpc) is 3.13. The minimum absolute atomic E-state index is 0.0711. The molecule has 1 aliphatic heterocycles. The lowest BCUT2D eigenvalue weighted by Gasteiger charge is -2.33. The van der Waals surface area contributed by atoms with Gasteiger partial charge in [-0.1, -0.05) is 0 Å². The Bertz CT molecular complexity index is 1030. The summed E-state index contributed by atoms with van der Waals surface area (Å²) in [5.74, 6) is 1.15. The highest BCUT2D eigenvalue weighted by Gasteiger charge is 2.26. The number of rotatable bonds is 7. The molecule has 1 aliphatic rings. The summed E-state index contributed by atoms with van der Waals surface area (Å²) in [6, 6.07) is 5.60. The Morgan fingerprint density at radius 2 is 1.85 bits per heavy atom. The number of piperidine rings is 1. The Morgan fingerprint density at radius 3 is 2.47 bits per heavy atom. The number of nitrogens with one attached hydrogen (secondary N) is 2. The number of hydrogen-bond donors (Lipinski definition) is 2. The van der Waals surface area contributed by atoms with E-state index in [0.29, 0.717) is 31.2 Å². The van der Waals surface area contributed by atoms with Crippen LogP contribution in [0.4, 0.5) is 4.79 Å². The van der Waals surface area contributed by atoms with Crippen molar-refractivity contribution in [2.75, 3.05) is 26.2 Å². The van der Waals surface area contributed by atoms with Gasteiger partial charge in [-0.2, -0.15) is 0 Å². The number of hydrogen-bond acceptors (Lipinski definition) is 6. The van der Waals surface area contributed by atoms with Crippen molar-refractivity contribution in [3.8, 4) is 5.75 Å². The molecule has 1 saturated heterocycles. The maximum atomic E-state index is 12.2. The van der Waals surface area contributed by atoms with Gasteiger partial charge in [0.2, 0.25) is 5.91 Å². The number of aromatic nitrogens is 2. The summed E-state index contributed by atoms with van der Waals surface area (Å²) in [4.78, 5) is 42.4. The minimum Gasteiger partial charge on any atom is -0.484 e. The lowest BCUT2D eigenvalue weighted by Crippen LogP contribution is -2.38. The number of likely N-dealkylation sites (N-methyl/N-ethyl adjacent to an activating group) is 1. The molecule has 3 amide bonds. The third-order valence-electron chi connectivity index (χ3n) is 5.54. The first kappa shape index (κ1) is 25.3. The summed E-state index contributed by atoms with van der Waals surface area (Å²) in [6.45, 7) is 10.9. The molecule has 0 unspecified atom stereocenters. The summed E-state index contributed by atoms with van der Waals surface area (Å²) in [5, 5.41) is 5.51. The smallest absolute Gasteiger partial charge is 0.408 e. The fraction of sp³-hybridized carbons (Fsp3) is 0.583. The van der Waals surface area contributed by atoms with E-state index < -0.39 is 11.7 Å². The molecule has 10 nitrogen and oxygen atoms in total. The van der Waals surface area contributed by atoms with Gasteiger partial charge in [-0.05, 0) is 52.7 Å². The Morgan fingerprint density at radius 1 is 1.15 bits per heavy atom. The van der Waals surface area contributed by atoms with E-state index >= 15 is 0 Å². The molecule has 0 spiro atoms. The van der Waals surface area contributed by atoms with Gasteiger partial charge in [0.1, 0.15) is 17.2 Å². The molecule has 0 aliphatic carbocycles. The number of nitrogens with zero attached hydrogens (tertiary/aromatic N) is 3. The van der Waals surface area contributed by atoms with Crippen LogP contribution in [0.1, 0.15) is 59.3 Å². The van der Waals surface area contributed by atoms with E-state index in [-0.39, 0.29) is 31.0 Å². The van der Waals surface area contributed by atoms with Crippen LogP contribution < -0.4 is 15.4 Å². The standard InChI is InChI=1S/C24H35N5O5/c1-6-25-22(31)15-33-18-7-8-19-20(13-18)29(17-9-11-28(12-10-17)16(2)30)21(27-19)14-26-23(32)34-24(3,4)5/h7-8,13,17H,6,9-12,14-15H2,1-5H3,(H,25,31)(H,26,32). The Hall–Kier alpha value is -3.30. The second-order valence-corrected chi connectivity index (χ2v) is 9.38. The molecule has 3 rings (SSSR count). The molecular formula is C24H35N5O5. The van der Waals surface area contributed by atoms with Crippen LogP contribution in [-0.4, -0.2) is 64.2 Å². The fourth-order valence-corrected chi connectivity index (χ4v) is 4.05. The summed E-state index contributed by atoms with van der Waals surface area (Å²) in [7, 11) is 0. The van der Waals surface area contributed by atoms with Crippen molar-refractivity contribution < 1.29 is 23.9 Å². The lowest BCUT2D eigenvalue weighted by molar-refractivity contribution is -0.130. The van der Waals surface area contributed by atoms with Crippen molar-refractivity contribution in [3.05, 3.63) is 24.0 Å². The van der Waals surface area contributed by atoms with Crippen LogP contribution in [0.3, 0.4) is 0 Å². The third-order valence-corrected chi connectivity index (χ3v) is 5.54. The van der Waals surface area contributed by atoms with Gasteiger partial charge in [0.15, 0.2) is 6.61 Å². The molecule has 0 bridgehead atoms. The summed E-state index contributed by atoms with van der Waals surface area (Å²) in [6.07, 6.45) is 1.03. The van der Waals surface area contributed by atoms with Crippen molar-refractivity contribution in [1.82, 2.24) is 25.1 Å². The van der Waals surface area contributed by atoms with E-state index in [2.05, 4.69) is 15.2 Å².